The van der Waals surface area contributed by atoms with Gasteiger partial charge in [-0.05, 0) is 19.1 Å². The molecule has 0 saturated heterocycles. The third kappa shape index (κ3) is 2.86. The number of alkyl halides is 1. The molecule has 7 heteroatoms. The smallest absolute Gasteiger partial charge is 0.142 e. The van der Waals surface area contributed by atoms with Crippen molar-refractivity contribution in [3.05, 3.63) is 47.4 Å². The van der Waals surface area contributed by atoms with Crippen molar-refractivity contribution in [3.63, 3.8) is 0 Å². The second-order valence-corrected chi connectivity index (χ2v) is 5.83. The van der Waals surface area contributed by atoms with Crippen LogP contribution in [0.1, 0.15) is 23.7 Å². The molecule has 102 valence electrons. The Labute approximate surface area is 125 Å². The second kappa shape index (κ2) is 5.68. The molecule has 1 atom stereocenters. The van der Waals surface area contributed by atoms with Crippen LogP contribution >= 0.6 is 22.9 Å². The van der Waals surface area contributed by atoms with Crippen LogP contribution in [0.4, 0.5) is 0 Å². The van der Waals surface area contributed by atoms with Gasteiger partial charge in [0.15, 0.2) is 0 Å². The van der Waals surface area contributed by atoms with E-state index in [4.69, 9.17) is 11.6 Å². The molecular formula is C13H12ClN5S. The molecule has 0 fully saturated rings. The minimum Gasteiger partial charge on any atom is -0.254 e. The number of nitrogens with zero attached hydrogens (tertiary/aromatic N) is 5. The Balaban J connectivity index is 1.77. The van der Waals surface area contributed by atoms with Crippen molar-refractivity contribution in [3.8, 4) is 10.7 Å². The lowest BCUT2D eigenvalue weighted by atomic mass is 10.3. The number of hydrogen-bond acceptors (Lipinski definition) is 5. The highest BCUT2D eigenvalue weighted by atomic mass is 35.5. The molecule has 0 amide bonds. The van der Waals surface area contributed by atoms with Crippen molar-refractivity contribution in [1.82, 2.24) is 25.0 Å². The second-order valence-electron chi connectivity index (χ2n) is 4.32. The van der Waals surface area contributed by atoms with Crippen LogP contribution in [0.2, 0.25) is 0 Å². The predicted octanol–water partition coefficient (Wildman–Crippen LogP) is 3.14. The summed E-state index contributed by atoms with van der Waals surface area (Å²) in [6, 6.07) is 5.79. The van der Waals surface area contributed by atoms with Crippen LogP contribution in [0.15, 0.2) is 36.0 Å². The van der Waals surface area contributed by atoms with E-state index < -0.39 is 0 Å². The number of hydrogen-bond donors (Lipinski definition) is 0. The van der Waals surface area contributed by atoms with E-state index in [1.807, 2.05) is 36.7 Å². The lowest BCUT2D eigenvalue weighted by molar-refractivity contribution is 0.641. The van der Waals surface area contributed by atoms with Crippen molar-refractivity contribution in [2.24, 2.45) is 0 Å². The van der Waals surface area contributed by atoms with Crippen molar-refractivity contribution in [1.29, 1.82) is 0 Å². The number of halogens is 1. The summed E-state index contributed by atoms with van der Waals surface area (Å²) in [5.74, 6) is 0. The molecule has 20 heavy (non-hydrogen) atoms. The van der Waals surface area contributed by atoms with Gasteiger partial charge in [-0.15, -0.1) is 28.0 Å². The average Bonchev–Trinajstić information content (AvgIpc) is 3.10. The minimum atomic E-state index is -0.136. The van der Waals surface area contributed by atoms with Gasteiger partial charge < -0.3 is 0 Å². The average molecular weight is 306 g/mol. The fraction of sp³-hybridized carbons (Fsp3) is 0.231. The van der Waals surface area contributed by atoms with Gasteiger partial charge in [-0.2, -0.15) is 0 Å². The Morgan fingerprint density at radius 3 is 3.00 bits per heavy atom. The highest BCUT2D eigenvalue weighted by Gasteiger charge is 2.09. The number of aromatic nitrogens is 5. The first-order valence-electron chi connectivity index (χ1n) is 6.12. The normalized spacial score (nSPS) is 12.5. The molecule has 3 aromatic heterocycles. The summed E-state index contributed by atoms with van der Waals surface area (Å²) in [6.45, 7) is 2.46. The number of rotatable bonds is 4. The van der Waals surface area contributed by atoms with Gasteiger partial charge in [0.05, 0.1) is 29.5 Å². The van der Waals surface area contributed by atoms with Crippen molar-refractivity contribution < 1.29 is 0 Å². The Bertz CT molecular complexity index is 692. The van der Waals surface area contributed by atoms with Crippen LogP contribution < -0.4 is 0 Å². The van der Waals surface area contributed by atoms with E-state index in [-0.39, 0.29) is 5.38 Å². The van der Waals surface area contributed by atoms with Gasteiger partial charge in [0, 0.05) is 11.6 Å². The van der Waals surface area contributed by atoms with Crippen molar-refractivity contribution in [2.45, 2.75) is 18.8 Å². The first-order chi connectivity index (χ1) is 9.72. The minimum absolute atomic E-state index is 0.136. The van der Waals surface area contributed by atoms with Crippen molar-refractivity contribution in [2.75, 3.05) is 0 Å². The van der Waals surface area contributed by atoms with Gasteiger partial charge in [-0.1, -0.05) is 11.3 Å². The number of thiazole rings is 1. The predicted molar refractivity (Wildman–Crippen MR) is 78.7 cm³/mol. The summed E-state index contributed by atoms with van der Waals surface area (Å²) in [7, 11) is 0. The summed E-state index contributed by atoms with van der Waals surface area (Å²) in [6.07, 6.45) is 3.61. The quantitative estimate of drug-likeness (QED) is 0.695. The molecule has 0 radical (unpaired) electrons. The van der Waals surface area contributed by atoms with Crippen LogP contribution in [0.5, 0.6) is 0 Å². The van der Waals surface area contributed by atoms with E-state index in [1.54, 1.807) is 22.2 Å². The van der Waals surface area contributed by atoms with Crippen LogP contribution in [0.3, 0.4) is 0 Å². The third-order valence-corrected chi connectivity index (χ3v) is 3.86. The van der Waals surface area contributed by atoms with Crippen molar-refractivity contribution >= 4 is 22.9 Å². The first kappa shape index (κ1) is 13.2. The van der Waals surface area contributed by atoms with Gasteiger partial charge in [0.25, 0.3) is 0 Å². The molecule has 3 heterocycles. The maximum absolute atomic E-state index is 5.97. The lowest BCUT2D eigenvalue weighted by Gasteiger charge is -1.96. The largest absolute Gasteiger partial charge is 0.254 e. The summed E-state index contributed by atoms with van der Waals surface area (Å²) in [5.41, 5.74) is 2.60. The zero-order valence-electron chi connectivity index (χ0n) is 10.8. The van der Waals surface area contributed by atoms with Gasteiger partial charge in [0.2, 0.25) is 0 Å². The molecule has 0 aromatic carbocycles. The van der Waals surface area contributed by atoms with E-state index in [9.17, 15) is 0 Å². The fourth-order valence-electron chi connectivity index (χ4n) is 1.73. The first-order valence-corrected chi connectivity index (χ1v) is 7.44. The van der Waals surface area contributed by atoms with Crippen LogP contribution in [-0.4, -0.2) is 25.0 Å². The Morgan fingerprint density at radius 1 is 1.40 bits per heavy atom. The molecule has 0 aliphatic rings. The SMILES string of the molecule is CC(Cl)c1cn(Cc2csc(-c3ccccn3)n2)nn1. The Kier molecular flexibility index (Phi) is 3.75. The molecule has 3 rings (SSSR count). The highest BCUT2D eigenvalue weighted by molar-refractivity contribution is 7.13. The Morgan fingerprint density at radius 2 is 2.30 bits per heavy atom. The fourth-order valence-corrected chi connectivity index (χ4v) is 2.61. The van der Waals surface area contributed by atoms with Gasteiger partial charge >= 0.3 is 0 Å². The van der Waals surface area contributed by atoms with Gasteiger partial charge in [-0.3, -0.25) is 4.98 Å². The van der Waals surface area contributed by atoms with Gasteiger partial charge in [0.1, 0.15) is 10.7 Å². The van der Waals surface area contributed by atoms with Crippen LogP contribution in [0.25, 0.3) is 10.7 Å². The Hall–Kier alpha value is -1.79. The van der Waals surface area contributed by atoms with E-state index in [0.717, 1.165) is 22.1 Å². The molecule has 0 spiro atoms. The summed E-state index contributed by atoms with van der Waals surface area (Å²) >= 11 is 7.54. The highest BCUT2D eigenvalue weighted by Crippen LogP contribution is 2.22. The molecule has 0 N–H and O–H groups in total. The third-order valence-electron chi connectivity index (χ3n) is 2.72. The molecule has 0 aliphatic carbocycles. The van der Waals surface area contributed by atoms with Crippen LogP contribution in [-0.2, 0) is 6.54 Å². The molecule has 5 nitrogen and oxygen atoms in total. The lowest BCUT2D eigenvalue weighted by Crippen LogP contribution is -2.00. The molecule has 3 aromatic rings. The zero-order valence-corrected chi connectivity index (χ0v) is 12.3. The molecule has 0 saturated carbocycles. The van der Waals surface area contributed by atoms with E-state index in [0.29, 0.717) is 6.54 Å². The topological polar surface area (TPSA) is 56.5 Å². The molecular weight excluding hydrogens is 294 g/mol. The van der Waals surface area contributed by atoms with E-state index in [1.165, 1.54) is 0 Å². The van der Waals surface area contributed by atoms with Crippen LogP contribution in [0, 0.1) is 0 Å². The van der Waals surface area contributed by atoms with E-state index in [2.05, 4.69) is 20.3 Å². The summed E-state index contributed by atoms with van der Waals surface area (Å²) in [4.78, 5) is 8.86. The standard InChI is InChI=1S/C13H12ClN5S/c1-9(14)12-7-19(18-17-12)6-10-8-20-13(16-10)11-4-2-3-5-15-11/h2-5,7-9H,6H2,1H3. The monoisotopic (exact) mass is 305 g/mol. The van der Waals surface area contributed by atoms with Gasteiger partial charge in [-0.25, -0.2) is 9.67 Å². The van der Waals surface area contributed by atoms with E-state index >= 15 is 0 Å². The maximum Gasteiger partial charge on any atom is 0.142 e. The summed E-state index contributed by atoms with van der Waals surface area (Å²) < 4.78 is 1.74. The molecule has 1 unspecified atom stereocenters. The zero-order chi connectivity index (χ0) is 13.9. The molecule has 0 aliphatic heterocycles. The summed E-state index contributed by atoms with van der Waals surface area (Å²) in [5, 5.41) is 10.8. The number of pyridine rings is 1. The molecule has 0 bridgehead atoms. The maximum atomic E-state index is 5.97.